The molecular formula is C43H96O9. The van der Waals surface area contributed by atoms with Crippen molar-refractivity contribution >= 4 is 0 Å². The van der Waals surface area contributed by atoms with Crippen LogP contribution >= 0.6 is 0 Å². The smallest absolute Gasteiger partial charge is 0.108 e. The first-order valence-corrected chi connectivity index (χ1v) is 21.1. The molecule has 6 atom stereocenters. The van der Waals surface area contributed by atoms with Crippen molar-refractivity contribution in [3.8, 4) is 0 Å². The third-order valence-corrected chi connectivity index (χ3v) is 11.6. The van der Waals surface area contributed by atoms with E-state index < -0.39 is 24.4 Å². The molecule has 9 heteroatoms. The normalized spacial score (nSPS) is 15.2. The van der Waals surface area contributed by atoms with E-state index in [0.717, 1.165) is 45.1 Å². The van der Waals surface area contributed by atoms with Crippen LogP contribution < -0.4 is 0 Å². The van der Waals surface area contributed by atoms with Gasteiger partial charge >= 0.3 is 0 Å². The minimum Gasteiger partial charge on any atom is -0.396 e. The molecule has 0 radical (unpaired) electrons. The summed E-state index contributed by atoms with van der Waals surface area (Å²) in [5.41, 5.74) is 0.667. The van der Waals surface area contributed by atoms with Crippen molar-refractivity contribution in [3.63, 3.8) is 0 Å². The Bertz CT molecular complexity index is 580. The molecule has 322 valence electrons. The van der Waals surface area contributed by atoms with Gasteiger partial charge in [0.25, 0.3) is 0 Å². The SMILES string of the molecule is CCC(C)OCC(C)OCC(C)C.CCC(CC)(CC)CC.CCC(CC)(CC)CO.CCC(CC)(CO)CO.CCC(O)C(O)C(O)C(O)CC. The number of hydrogen-bond donors (Lipinski definition) is 7. The van der Waals surface area contributed by atoms with Crippen molar-refractivity contribution in [1.82, 2.24) is 0 Å². The van der Waals surface area contributed by atoms with Crippen LogP contribution in [0.1, 0.15) is 188 Å². The molecule has 0 saturated heterocycles. The Morgan fingerprint density at radius 3 is 0.827 bits per heavy atom. The lowest BCUT2D eigenvalue weighted by Crippen LogP contribution is -2.43. The topological polar surface area (TPSA) is 160 Å². The van der Waals surface area contributed by atoms with E-state index in [0.29, 0.717) is 43.5 Å². The molecule has 52 heavy (non-hydrogen) atoms. The highest BCUT2D eigenvalue weighted by Crippen LogP contribution is 2.33. The third-order valence-electron chi connectivity index (χ3n) is 11.6. The van der Waals surface area contributed by atoms with Crippen molar-refractivity contribution in [2.24, 2.45) is 22.2 Å². The quantitative estimate of drug-likeness (QED) is 0.0511. The number of hydrogen-bond acceptors (Lipinski definition) is 9. The van der Waals surface area contributed by atoms with Gasteiger partial charge in [0, 0.05) is 18.6 Å². The van der Waals surface area contributed by atoms with Crippen LogP contribution in [0.15, 0.2) is 0 Å². The van der Waals surface area contributed by atoms with E-state index in [4.69, 9.17) is 35.0 Å². The monoisotopic (exact) mass is 757 g/mol. The van der Waals surface area contributed by atoms with Gasteiger partial charge in [0.05, 0.1) is 44.2 Å². The number of aliphatic hydroxyl groups is 7. The summed E-state index contributed by atoms with van der Waals surface area (Å²) in [6.07, 6.45) is 8.23. The van der Waals surface area contributed by atoms with Gasteiger partial charge in [-0.1, -0.05) is 123 Å². The fourth-order valence-electron chi connectivity index (χ4n) is 5.09. The summed E-state index contributed by atoms with van der Waals surface area (Å²) in [6.45, 7) is 35.6. The minimum atomic E-state index is -1.26. The summed E-state index contributed by atoms with van der Waals surface area (Å²) >= 11 is 0. The Kier molecular flexibility index (Phi) is 44.0. The summed E-state index contributed by atoms with van der Waals surface area (Å²) in [6, 6.07) is 0. The van der Waals surface area contributed by atoms with Crippen LogP contribution in [0.2, 0.25) is 0 Å². The van der Waals surface area contributed by atoms with E-state index in [1.54, 1.807) is 13.8 Å². The average Bonchev–Trinajstić information content (AvgIpc) is 3.19. The van der Waals surface area contributed by atoms with Crippen molar-refractivity contribution < 1.29 is 45.2 Å². The zero-order valence-corrected chi connectivity index (χ0v) is 37.5. The van der Waals surface area contributed by atoms with Crippen LogP contribution in [-0.2, 0) is 9.47 Å². The zero-order chi connectivity index (χ0) is 42.0. The minimum absolute atomic E-state index is 0.0938. The second-order valence-corrected chi connectivity index (χ2v) is 15.2. The van der Waals surface area contributed by atoms with E-state index in [2.05, 4.69) is 83.1 Å². The summed E-state index contributed by atoms with van der Waals surface area (Å²) in [4.78, 5) is 0. The lowest BCUT2D eigenvalue weighted by molar-refractivity contribution is -0.105. The van der Waals surface area contributed by atoms with E-state index in [1.807, 2.05) is 13.8 Å². The molecule has 0 rings (SSSR count). The van der Waals surface area contributed by atoms with Crippen molar-refractivity contribution in [1.29, 1.82) is 0 Å². The molecule has 0 amide bonds. The van der Waals surface area contributed by atoms with Gasteiger partial charge in [-0.05, 0) is 82.0 Å². The van der Waals surface area contributed by atoms with Gasteiger partial charge in [0.1, 0.15) is 12.2 Å². The number of rotatable bonds is 24. The Labute approximate surface area is 324 Å². The van der Waals surface area contributed by atoms with E-state index in [1.165, 1.54) is 25.7 Å². The molecule has 0 aromatic rings. The van der Waals surface area contributed by atoms with E-state index in [9.17, 15) is 10.2 Å². The molecule has 7 N–H and O–H groups in total. The summed E-state index contributed by atoms with van der Waals surface area (Å²) in [5, 5.41) is 63.3. The first-order chi connectivity index (χ1) is 24.3. The van der Waals surface area contributed by atoms with Gasteiger partial charge in [-0.25, -0.2) is 0 Å². The van der Waals surface area contributed by atoms with Crippen LogP contribution in [0.4, 0.5) is 0 Å². The molecule has 0 aromatic carbocycles. The maximum Gasteiger partial charge on any atom is 0.108 e. The fourth-order valence-corrected chi connectivity index (χ4v) is 5.09. The molecule has 0 aliphatic heterocycles. The van der Waals surface area contributed by atoms with Crippen LogP contribution in [0, 0.1) is 22.2 Å². The van der Waals surface area contributed by atoms with Gasteiger partial charge in [0.2, 0.25) is 0 Å². The van der Waals surface area contributed by atoms with Crippen molar-refractivity contribution in [3.05, 3.63) is 0 Å². The summed E-state index contributed by atoms with van der Waals surface area (Å²) < 4.78 is 11.1. The molecule has 0 aliphatic carbocycles. The number of ether oxygens (including phenoxy) is 2. The molecule has 9 nitrogen and oxygen atoms in total. The third kappa shape index (κ3) is 29.0. The molecule has 0 aliphatic rings. The summed E-state index contributed by atoms with van der Waals surface area (Å²) in [7, 11) is 0. The van der Waals surface area contributed by atoms with E-state index >= 15 is 0 Å². The van der Waals surface area contributed by atoms with Crippen LogP contribution in [0.3, 0.4) is 0 Å². The molecule has 0 saturated carbocycles. The standard InChI is InChI=1S/C11H24O2.C9H20.C8H18O4.C8H18O.C7H16O2/c1-6-10(4)13-8-11(5)12-7-9(2)3;1-5-9(6-2,7-3)8-4;1-3-5(9)7(11)8(12)6(10)4-2;1-4-8(5-2,6-3)7-9;1-3-7(4-2,5-8)6-9/h9-11H,6-8H2,1-5H3;5-8H2,1-4H3;5-12H,3-4H2,1-2H3;9H,4-7H2,1-3H3;8-9H,3-6H2,1-2H3. The Morgan fingerprint density at radius 1 is 0.385 bits per heavy atom. The van der Waals surface area contributed by atoms with Crippen LogP contribution in [-0.4, -0.2) is 105 Å². The van der Waals surface area contributed by atoms with Gasteiger partial charge in [-0.2, -0.15) is 0 Å². The Morgan fingerprint density at radius 2 is 0.673 bits per heavy atom. The van der Waals surface area contributed by atoms with Crippen molar-refractivity contribution in [2.45, 2.75) is 224 Å². The highest BCUT2D eigenvalue weighted by Gasteiger charge is 2.28. The predicted octanol–water partition coefficient (Wildman–Crippen LogP) is 8.70. The largest absolute Gasteiger partial charge is 0.396 e. The molecule has 0 heterocycles. The maximum absolute atomic E-state index is 9.23. The van der Waals surface area contributed by atoms with Gasteiger partial charge in [-0.15, -0.1) is 0 Å². The van der Waals surface area contributed by atoms with Crippen molar-refractivity contribution in [2.75, 3.05) is 33.0 Å². The first kappa shape index (κ1) is 60.9. The Hall–Kier alpha value is -0.360. The van der Waals surface area contributed by atoms with Crippen LogP contribution in [0.5, 0.6) is 0 Å². The maximum atomic E-state index is 9.23. The molecule has 6 unspecified atom stereocenters. The first-order valence-electron chi connectivity index (χ1n) is 21.1. The molecule has 0 fully saturated rings. The molecule has 0 spiro atoms. The van der Waals surface area contributed by atoms with Crippen LogP contribution in [0.25, 0.3) is 0 Å². The molecule has 0 aromatic heterocycles. The highest BCUT2D eigenvalue weighted by molar-refractivity contribution is 4.79. The second kappa shape index (κ2) is 37.6. The Balaban J connectivity index is -0.000000179. The van der Waals surface area contributed by atoms with E-state index in [-0.39, 0.29) is 30.1 Å². The fraction of sp³-hybridized carbons (Fsp3) is 1.00. The predicted molar refractivity (Wildman–Crippen MR) is 222 cm³/mol. The molecule has 0 bridgehead atoms. The average molecular weight is 757 g/mol. The highest BCUT2D eigenvalue weighted by atomic mass is 16.5. The second-order valence-electron chi connectivity index (χ2n) is 15.2. The van der Waals surface area contributed by atoms with Gasteiger partial charge in [0.15, 0.2) is 0 Å². The van der Waals surface area contributed by atoms with Gasteiger partial charge in [-0.3, -0.25) is 0 Å². The molecular weight excluding hydrogens is 660 g/mol. The lowest BCUT2D eigenvalue weighted by atomic mass is 9.78. The zero-order valence-electron chi connectivity index (χ0n) is 37.5. The van der Waals surface area contributed by atoms with Gasteiger partial charge < -0.3 is 45.2 Å². The number of aliphatic hydroxyl groups excluding tert-OH is 7. The lowest BCUT2D eigenvalue weighted by Gasteiger charge is -2.28. The summed E-state index contributed by atoms with van der Waals surface area (Å²) in [5.74, 6) is 0.603.